The molecule has 34 heavy (non-hydrogen) atoms. The van der Waals surface area contributed by atoms with Gasteiger partial charge in [-0.15, -0.1) is 0 Å². The van der Waals surface area contributed by atoms with E-state index in [9.17, 15) is 21.6 Å². The van der Waals surface area contributed by atoms with Gasteiger partial charge in [-0.2, -0.15) is 21.6 Å². The summed E-state index contributed by atoms with van der Waals surface area (Å²) in [4.78, 5) is 0. The summed E-state index contributed by atoms with van der Waals surface area (Å²) in [6.45, 7) is 0. The molecule has 0 fully saturated rings. The van der Waals surface area contributed by atoms with Crippen LogP contribution in [0.4, 0.5) is 13.2 Å². The minimum Gasteiger partial charge on any atom is -0.497 e. The van der Waals surface area contributed by atoms with Crippen LogP contribution in [0.3, 0.4) is 0 Å². The van der Waals surface area contributed by atoms with Crippen LogP contribution in [0.15, 0.2) is 54.6 Å². The molecule has 0 aliphatic heterocycles. The Labute approximate surface area is 196 Å². The second-order valence-corrected chi connectivity index (χ2v) is 9.56. The zero-order valence-corrected chi connectivity index (χ0v) is 19.4. The van der Waals surface area contributed by atoms with Crippen molar-refractivity contribution in [2.75, 3.05) is 14.2 Å². The predicted octanol–water partition coefficient (Wildman–Crippen LogP) is 5.48. The lowest BCUT2D eigenvalue weighted by Gasteiger charge is -2.18. The molecular weight excluding hydrogens is 469 g/mol. The molecule has 7 rings (SSSR count). The van der Waals surface area contributed by atoms with Gasteiger partial charge in [-0.05, 0) is 77.3 Å². The van der Waals surface area contributed by atoms with Crippen molar-refractivity contribution in [3.05, 3.63) is 76.9 Å². The highest BCUT2D eigenvalue weighted by molar-refractivity contribution is 7.88. The zero-order chi connectivity index (χ0) is 24.5. The van der Waals surface area contributed by atoms with Crippen LogP contribution in [0.25, 0.3) is 11.1 Å². The molecule has 0 saturated carbocycles. The molecule has 3 aromatic rings. The number of rotatable bonds is 5. The minimum absolute atomic E-state index is 0.275. The Morgan fingerprint density at radius 3 is 1.88 bits per heavy atom. The molecule has 0 N–H and O–H groups in total. The smallest absolute Gasteiger partial charge is 0.497 e. The lowest BCUT2D eigenvalue weighted by molar-refractivity contribution is -0.0500. The van der Waals surface area contributed by atoms with Crippen molar-refractivity contribution in [2.45, 2.75) is 31.2 Å². The molecular formula is C25H23F3O5S. The number of benzene rings is 3. The van der Waals surface area contributed by atoms with Crippen molar-refractivity contribution in [3.63, 3.8) is 0 Å². The van der Waals surface area contributed by atoms with Gasteiger partial charge in [0.15, 0.2) is 0 Å². The summed E-state index contributed by atoms with van der Waals surface area (Å²) in [6.07, 6.45) is 1.86. The first kappa shape index (κ1) is 23.9. The molecule has 0 saturated heterocycles. The molecule has 0 radical (unpaired) electrons. The first-order chi connectivity index (χ1) is 16.1. The Morgan fingerprint density at radius 2 is 1.29 bits per heavy atom. The van der Waals surface area contributed by atoms with E-state index in [0.29, 0.717) is 48.3 Å². The summed E-state index contributed by atoms with van der Waals surface area (Å²) in [5.41, 5.74) is -0.488. The number of aryl methyl sites for hydroxylation is 4. The van der Waals surface area contributed by atoms with E-state index in [1.54, 1.807) is 32.4 Å². The Bertz CT molecular complexity index is 1290. The number of alkyl halides is 3. The van der Waals surface area contributed by atoms with Gasteiger partial charge in [0.1, 0.15) is 17.2 Å². The van der Waals surface area contributed by atoms with Gasteiger partial charge in [0.2, 0.25) is 0 Å². The lowest BCUT2D eigenvalue weighted by atomic mass is 9.90. The molecule has 0 spiro atoms. The van der Waals surface area contributed by atoms with E-state index < -0.39 is 15.6 Å². The Morgan fingerprint density at radius 1 is 0.735 bits per heavy atom. The predicted molar refractivity (Wildman–Crippen MR) is 122 cm³/mol. The van der Waals surface area contributed by atoms with Crippen LogP contribution in [0, 0.1) is 0 Å². The van der Waals surface area contributed by atoms with Crippen LogP contribution in [0.2, 0.25) is 0 Å². The van der Waals surface area contributed by atoms with Crippen LogP contribution in [0.1, 0.15) is 22.3 Å². The summed E-state index contributed by atoms with van der Waals surface area (Å²) in [5, 5.41) is 0. The average Bonchev–Trinajstić information content (AvgIpc) is 2.79. The van der Waals surface area contributed by atoms with Crippen LogP contribution < -0.4 is 13.7 Å². The van der Waals surface area contributed by atoms with Crippen molar-refractivity contribution in [3.8, 4) is 28.4 Å². The zero-order valence-electron chi connectivity index (χ0n) is 18.6. The third kappa shape index (κ3) is 4.99. The summed E-state index contributed by atoms with van der Waals surface area (Å²) in [6, 6.07) is 16.6. The highest BCUT2D eigenvalue weighted by Gasteiger charge is 2.48. The number of hydrogen-bond acceptors (Lipinski definition) is 5. The van der Waals surface area contributed by atoms with E-state index in [2.05, 4.69) is 10.2 Å². The summed E-state index contributed by atoms with van der Waals surface area (Å²) >= 11 is 0. The minimum atomic E-state index is -5.75. The van der Waals surface area contributed by atoms with Gasteiger partial charge < -0.3 is 13.7 Å². The van der Waals surface area contributed by atoms with Gasteiger partial charge in [-0.25, -0.2) is 0 Å². The first-order valence-corrected chi connectivity index (χ1v) is 12.0. The quantitative estimate of drug-likeness (QED) is 0.349. The molecule has 4 aliphatic carbocycles. The number of halogens is 3. The fraction of sp³-hybridized carbons (Fsp3) is 0.280. The maximum Gasteiger partial charge on any atom is 0.534 e. The van der Waals surface area contributed by atoms with Crippen molar-refractivity contribution >= 4 is 10.1 Å². The van der Waals surface area contributed by atoms with E-state index in [1.807, 2.05) is 24.3 Å². The molecule has 9 heteroatoms. The molecule has 0 aromatic heterocycles. The van der Waals surface area contributed by atoms with Crippen molar-refractivity contribution < 1.29 is 35.2 Å². The van der Waals surface area contributed by atoms with Gasteiger partial charge >= 0.3 is 15.6 Å². The van der Waals surface area contributed by atoms with Gasteiger partial charge in [-0.1, -0.05) is 30.3 Å². The normalized spacial score (nSPS) is 13.8. The Hall–Kier alpha value is -3.20. The molecule has 180 valence electrons. The number of ether oxygens (including phenoxy) is 2. The number of methoxy groups -OCH3 is 2. The number of hydrogen-bond donors (Lipinski definition) is 0. The Kier molecular flexibility index (Phi) is 6.49. The summed E-state index contributed by atoms with van der Waals surface area (Å²) < 4.78 is 77.3. The maximum atomic E-state index is 12.9. The summed E-state index contributed by atoms with van der Waals surface area (Å²) in [5.74, 6) is 1.05. The second-order valence-electron chi connectivity index (χ2n) is 8.02. The average molecular weight is 493 g/mol. The molecule has 5 nitrogen and oxygen atoms in total. The van der Waals surface area contributed by atoms with E-state index in [4.69, 9.17) is 9.47 Å². The topological polar surface area (TPSA) is 61.8 Å². The van der Waals surface area contributed by atoms with E-state index in [1.165, 1.54) is 6.07 Å². The van der Waals surface area contributed by atoms with E-state index in [-0.39, 0.29) is 5.75 Å². The lowest BCUT2D eigenvalue weighted by Crippen LogP contribution is -2.28. The van der Waals surface area contributed by atoms with Crippen LogP contribution >= 0.6 is 0 Å². The molecule has 4 aliphatic rings. The Balaban J connectivity index is 1.73. The van der Waals surface area contributed by atoms with Crippen molar-refractivity contribution in [1.29, 1.82) is 0 Å². The highest BCUT2D eigenvalue weighted by atomic mass is 32.2. The molecule has 3 aromatic carbocycles. The molecule has 4 bridgehead atoms. The SMILES string of the molecule is COc1cc(OC)cc(-c2cc3ccc2CCc2ccc(c(OS(=O)(=O)C(F)(F)F)c2)CC3)c1. The fourth-order valence-electron chi connectivity index (χ4n) is 3.99. The monoisotopic (exact) mass is 492 g/mol. The molecule has 0 atom stereocenters. The van der Waals surface area contributed by atoms with Gasteiger partial charge in [0.25, 0.3) is 0 Å². The third-order valence-corrected chi connectivity index (χ3v) is 6.78. The maximum absolute atomic E-state index is 12.9. The van der Waals surface area contributed by atoms with Crippen molar-refractivity contribution in [2.24, 2.45) is 0 Å². The van der Waals surface area contributed by atoms with Gasteiger partial charge in [-0.3, -0.25) is 0 Å². The third-order valence-electron chi connectivity index (χ3n) is 5.82. The standard InChI is InChI=1S/C25H23F3O5S/c1-31-21-13-20(14-22(15-21)32-2)23-11-16-3-7-18(23)8-4-17-6-10-19(9-5-16)24(12-17)33-34(29,30)25(26,27)28/h3,6-7,10-15H,4-5,8-9H2,1-2H3. The van der Waals surface area contributed by atoms with Gasteiger partial charge in [0, 0.05) is 6.07 Å². The second kappa shape index (κ2) is 9.21. The fourth-order valence-corrected chi connectivity index (χ4v) is 4.48. The van der Waals surface area contributed by atoms with E-state index >= 15 is 0 Å². The van der Waals surface area contributed by atoms with Crippen molar-refractivity contribution in [1.82, 2.24) is 0 Å². The highest BCUT2D eigenvalue weighted by Crippen LogP contribution is 2.35. The largest absolute Gasteiger partial charge is 0.534 e. The van der Waals surface area contributed by atoms with Crippen LogP contribution in [0.5, 0.6) is 17.2 Å². The molecule has 0 amide bonds. The molecule has 0 heterocycles. The van der Waals surface area contributed by atoms with E-state index in [0.717, 1.165) is 22.3 Å². The first-order valence-electron chi connectivity index (χ1n) is 10.6. The van der Waals surface area contributed by atoms with Crippen LogP contribution in [-0.2, 0) is 35.8 Å². The molecule has 0 unspecified atom stereocenters. The summed E-state index contributed by atoms with van der Waals surface area (Å²) in [7, 11) is -2.58. The van der Waals surface area contributed by atoms with Gasteiger partial charge in [0.05, 0.1) is 14.2 Å². The van der Waals surface area contributed by atoms with Crippen LogP contribution in [-0.4, -0.2) is 28.1 Å².